The number of benzene rings is 8. The Kier molecular flexibility index (Phi) is 20.6. The third kappa shape index (κ3) is 17.2. The van der Waals surface area contributed by atoms with E-state index in [-0.39, 0.29) is 24.7 Å². The van der Waals surface area contributed by atoms with Crippen molar-refractivity contribution in [3.8, 4) is 28.4 Å². The predicted octanol–water partition coefficient (Wildman–Crippen LogP) is 27.9. The molecule has 670 valence electrons. The summed E-state index contributed by atoms with van der Waals surface area (Å²) in [5, 5.41) is 3.53. The Bertz CT molecular complexity index is 7040. The average Bonchev–Trinajstić information content (AvgIpc) is 1.58. The third-order valence-corrected chi connectivity index (χ3v) is 26.0. The van der Waals surface area contributed by atoms with Crippen LogP contribution in [-0.2, 0) is 0 Å². The van der Waals surface area contributed by atoms with Gasteiger partial charge < -0.3 is 58.1 Å². The highest BCUT2D eigenvalue weighted by Crippen LogP contribution is 2.47. The van der Waals surface area contributed by atoms with E-state index in [1.54, 1.807) is 62.2 Å². The van der Waals surface area contributed by atoms with Crippen LogP contribution in [0.25, 0.3) is 61.1 Å². The van der Waals surface area contributed by atoms with Crippen LogP contribution in [0.2, 0.25) is 0 Å². The van der Waals surface area contributed by atoms with E-state index in [0.717, 1.165) is 84.8 Å². The lowest BCUT2D eigenvalue weighted by Crippen LogP contribution is -2.35. The van der Waals surface area contributed by atoms with Crippen molar-refractivity contribution in [2.75, 3.05) is 59.4 Å². The molecule has 8 aromatic carbocycles. The van der Waals surface area contributed by atoms with Crippen molar-refractivity contribution < 1.29 is 26.0 Å². The van der Waals surface area contributed by atoms with Gasteiger partial charge in [0.05, 0.1) is 45.0 Å². The molecule has 0 fully saturated rings. The fraction of sp³-hybridized carbons (Fsp3) is 0.363. The summed E-state index contributed by atoms with van der Waals surface area (Å²) in [5.41, 5.74) is 24.6. The summed E-state index contributed by atoms with van der Waals surface area (Å²) in [6.07, 6.45) is 19.8. The Balaban J connectivity index is 0.000000145. The molecule has 0 N–H and O–H groups in total. The summed E-state index contributed by atoms with van der Waals surface area (Å²) in [5.74, 6) is 4.82. The maximum absolute atomic E-state index is 8.56. The fourth-order valence-electron chi connectivity index (χ4n) is 19.0. The molecule has 15 heteroatoms. The van der Waals surface area contributed by atoms with Gasteiger partial charge in [-0.2, -0.15) is 0 Å². The molecule has 0 radical (unpaired) electrons. The zero-order valence-electron chi connectivity index (χ0n) is 98.2. The Labute approximate surface area is 793 Å². The second-order valence-corrected chi connectivity index (χ2v) is 36.3. The minimum absolute atomic E-state index is 0.284. The summed E-state index contributed by atoms with van der Waals surface area (Å²) >= 11 is 0. The van der Waals surface area contributed by atoms with E-state index in [1.807, 2.05) is 81.1 Å². The van der Waals surface area contributed by atoms with Crippen molar-refractivity contribution in [2.24, 2.45) is 0 Å². The quantitative estimate of drug-likeness (QED) is 0.0935. The van der Waals surface area contributed by atoms with Gasteiger partial charge in [-0.3, -0.25) is 13.7 Å². The van der Waals surface area contributed by atoms with E-state index in [1.165, 1.54) is 110 Å². The summed E-state index contributed by atoms with van der Waals surface area (Å²) in [6, 6.07) is 62.2. The molecule has 5 aromatic heterocycles. The number of fused-ring (bicyclic) bond motifs is 3. The van der Waals surface area contributed by atoms with Gasteiger partial charge in [0.2, 0.25) is 0 Å². The first-order valence-corrected chi connectivity index (χ1v) is 45.1. The van der Waals surface area contributed by atoms with Gasteiger partial charge in [-0.15, -0.1) is 0 Å². The highest BCUT2D eigenvalue weighted by atomic mass is 15.4. The summed E-state index contributed by atoms with van der Waals surface area (Å²) in [4.78, 5) is 17.2. The fourth-order valence-corrected chi connectivity index (χ4v) is 19.0. The lowest BCUT2D eigenvalue weighted by molar-refractivity contribution is 0.381. The van der Waals surface area contributed by atoms with E-state index in [4.69, 9.17) is 26.0 Å². The molecule has 128 heavy (non-hydrogen) atoms. The molecule has 0 bridgehead atoms. The van der Waals surface area contributed by atoms with Crippen molar-refractivity contribution in [1.82, 2.24) is 47.3 Å². The van der Waals surface area contributed by atoms with Crippen LogP contribution in [0.5, 0.6) is 0 Å². The monoisotopic (exact) mass is 1730 g/mol. The molecular formula is C113H143N15. The Morgan fingerprint density at radius 2 is 0.570 bits per heavy atom. The molecule has 13 aromatic rings. The van der Waals surface area contributed by atoms with Crippen molar-refractivity contribution >= 4 is 61.8 Å². The topological polar surface area (TPSA) is 57.1 Å². The molecule has 0 spiro atoms. The number of anilines is 5. The molecule has 15 nitrogen and oxygen atoms in total. The number of hydrogen-bond donors (Lipinski definition) is 0. The van der Waals surface area contributed by atoms with Crippen molar-refractivity contribution in [2.45, 2.75) is 239 Å². The van der Waals surface area contributed by atoms with Crippen LogP contribution in [0.15, 0.2) is 256 Å². The standard InChI is InChI=1S/C26H33N3.2C23H27N3.C22H31N3.C19H25N3/c1-17(2)21-12-10-13-22(18(3)4)25(21)29-24-14-9-8-11-23(24)19(5)26(29)28-16-15-27(7)20(28)6;1-15-13-16(2)22(17(3)14-15)26-21-10-8-7-9-20(21)18(4)23(26)25-12-11-24(6)19(25)5;1-16(2)19-10-6-8-12-21(19)26-22-13-9-7-11-20(22)17(3)23(26)25-15-14-24(5)18(25)4;1-15(2)19-9-8-10-20(16(3)4)21(19)25-12-11-17(5)22(25)24-14-13-23(7)18(24)6;1-14(2)17-8-6-7-9-18(17)22-11-10-15(3)19(22)21-13-12-20(5)16(21)4/h8-18,20H,1-7H3;7-14,19H,1-6H3;6-16,18H,1-5H3;8-16,18H,1-7H3;6-14,16H,1-5H3/t20-;19-;2*18-;16-/m00000/s1/i7D3;6D3;5D3;7D3;1D3,5D3,14D/t4m;14?,16-. The van der Waals surface area contributed by atoms with Crippen molar-refractivity contribution in [3.63, 3.8) is 0 Å². The van der Waals surface area contributed by atoms with Gasteiger partial charge in [-0.1, -0.05) is 228 Å². The Hall–Kier alpha value is -12.4. The Morgan fingerprint density at radius 3 is 0.938 bits per heavy atom. The van der Waals surface area contributed by atoms with Crippen molar-refractivity contribution in [3.05, 3.63) is 334 Å². The second kappa shape index (κ2) is 37.9. The molecule has 10 heterocycles. The molecule has 6 atom stereocenters. The van der Waals surface area contributed by atoms with Gasteiger partial charge in [-0.05, 0) is 240 Å². The molecule has 5 aliphatic rings. The van der Waals surface area contributed by atoms with Gasteiger partial charge in [0, 0.05) is 151 Å². The predicted molar refractivity (Wildman–Crippen MR) is 548 cm³/mol. The van der Waals surface area contributed by atoms with Crippen LogP contribution in [0.1, 0.15) is 257 Å². The molecule has 0 aliphatic carbocycles. The van der Waals surface area contributed by atoms with Gasteiger partial charge in [0.25, 0.3) is 0 Å². The number of nitrogens with zero attached hydrogens (tertiary/aromatic N) is 15. The minimum Gasteiger partial charge on any atom is -0.359 e. The van der Waals surface area contributed by atoms with Gasteiger partial charge in [-0.25, -0.2) is 0 Å². The normalized spacial score (nSPS) is 20.4. The van der Waals surface area contributed by atoms with Gasteiger partial charge >= 0.3 is 0 Å². The third-order valence-electron chi connectivity index (χ3n) is 26.0. The first-order valence-electron chi connectivity index (χ1n) is 54.6. The summed E-state index contributed by atoms with van der Waals surface area (Å²) in [7, 11) is 0. The lowest BCUT2D eigenvalue weighted by Gasteiger charge is -2.31. The van der Waals surface area contributed by atoms with E-state index >= 15 is 0 Å². The van der Waals surface area contributed by atoms with Crippen LogP contribution < -0.4 is 24.5 Å². The smallest absolute Gasteiger partial charge is 0.123 e. The van der Waals surface area contributed by atoms with Crippen molar-refractivity contribution in [1.29, 1.82) is 0 Å². The highest BCUT2D eigenvalue weighted by molar-refractivity contribution is 5.95. The zero-order valence-corrected chi connectivity index (χ0v) is 79.2. The van der Waals surface area contributed by atoms with Crippen LogP contribution in [0.3, 0.4) is 0 Å². The SMILES string of the molecule is [2H]C([2H])([2H])N1C=CN(c2c(C)c3ccccc3n2-c2c(C(C)C)cccc2C(C)C)[C@H]1C.[2H]C([2H])([2H])N1C=CN(c2c(C)c3ccccc3n2-c2c(C)cc(C)cc2C)[C@H]1C.[2H]C([2H])([2H])N1C=CN(c2c(C)c3ccccc3n2-c2ccccc2C(C)C)[C@H]1C.[2H]C([2H])([2H])N1C=CN(c2c(C)ccn2-c2c(C(C)C)cccc2C(C)C)[C@H]1C.[2H]C([2H])([2H])N1C=CN(c2c(C)ccn2-c2ccccc2C([2H])(C)C([2H])([2H])[2H])[C@H]1C. The second-order valence-electron chi connectivity index (χ2n) is 36.3. The number of para-hydroxylation sites is 7. The maximum atomic E-state index is 8.56. The highest BCUT2D eigenvalue weighted by Gasteiger charge is 2.35. The minimum atomic E-state index is -2.51. The first-order chi connectivity index (χ1) is 68.7. The molecule has 5 aliphatic heterocycles. The largest absolute Gasteiger partial charge is 0.359 e. The van der Waals surface area contributed by atoms with Crippen LogP contribution in [-0.4, -0.2) is 113 Å². The maximum Gasteiger partial charge on any atom is 0.123 e. The number of hydrogen-bond acceptors (Lipinski definition) is 10. The van der Waals surface area contributed by atoms with Crippen LogP contribution in [0.4, 0.5) is 29.1 Å². The van der Waals surface area contributed by atoms with Gasteiger partial charge in [0.15, 0.2) is 0 Å². The molecule has 1 unspecified atom stereocenters. The van der Waals surface area contributed by atoms with E-state index in [9.17, 15) is 0 Å². The first kappa shape index (κ1) is 69.7. The van der Waals surface area contributed by atoms with E-state index in [2.05, 4.69) is 313 Å². The summed E-state index contributed by atoms with van der Waals surface area (Å²) in [6.45, 7) is 36.4. The van der Waals surface area contributed by atoms with E-state index in [0.29, 0.717) is 40.8 Å². The molecule has 0 saturated heterocycles. The molecular weight excluding hydrogens is 1570 g/mol. The number of aryl methyl sites for hydroxylation is 8. The van der Waals surface area contributed by atoms with Crippen LogP contribution >= 0.6 is 0 Å². The average molecular weight is 1730 g/mol. The lowest BCUT2D eigenvalue weighted by atomic mass is 9.92. The Morgan fingerprint density at radius 1 is 0.273 bits per heavy atom. The number of aromatic nitrogens is 5. The molecule has 18 rings (SSSR count). The van der Waals surface area contributed by atoms with Crippen LogP contribution in [0, 0.1) is 55.4 Å². The zero-order chi connectivity index (χ0) is 108. The molecule has 0 saturated carbocycles. The number of rotatable bonds is 16. The van der Waals surface area contributed by atoms with E-state index < -0.39 is 53.8 Å². The summed E-state index contributed by atoms with van der Waals surface area (Å²) < 4.78 is 161. The molecule has 0 amide bonds. The van der Waals surface area contributed by atoms with Gasteiger partial charge in [0.1, 0.15) is 59.9 Å².